The third-order valence-corrected chi connectivity index (χ3v) is 5.24. The van der Waals surface area contributed by atoms with Crippen LogP contribution in [0.25, 0.3) is 0 Å². The average Bonchev–Trinajstić information content (AvgIpc) is 2.84. The van der Waals surface area contributed by atoms with Gasteiger partial charge in [-0.2, -0.15) is 0 Å². The molecule has 0 bridgehead atoms. The minimum Gasteiger partial charge on any atom is -0.496 e. The maximum Gasteiger partial charge on any atom is 0.130 e. The number of halogens is 1. The topological polar surface area (TPSA) is 27.7 Å². The summed E-state index contributed by atoms with van der Waals surface area (Å²) in [5.74, 6) is 2.58. The molecule has 1 aliphatic carbocycles. The molecule has 21 heavy (non-hydrogen) atoms. The smallest absolute Gasteiger partial charge is 0.130 e. The lowest BCUT2D eigenvalue weighted by Crippen LogP contribution is -2.22. The Balaban J connectivity index is 2.46. The molecule has 1 aromatic carbocycles. The summed E-state index contributed by atoms with van der Waals surface area (Å²) in [6, 6.07) is 3.74. The minimum absolute atomic E-state index is 0.127. The fourth-order valence-corrected chi connectivity index (χ4v) is 4.08. The van der Waals surface area contributed by atoms with Gasteiger partial charge in [0.05, 0.1) is 32.3 Å². The molecule has 1 fully saturated rings. The van der Waals surface area contributed by atoms with Crippen molar-refractivity contribution in [3.63, 3.8) is 0 Å². The molecule has 3 nitrogen and oxygen atoms in total. The number of hydrogen-bond acceptors (Lipinski definition) is 3. The largest absolute Gasteiger partial charge is 0.496 e. The fourth-order valence-electron chi connectivity index (χ4n) is 3.40. The van der Waals surface area contributed by atoms with Crippen LogP contribution in [0, 0.1) is 11.3 Å². The lowest BCUT2D eigenvalue weighted by molar-refractivity contribution is 0.246. The van der Waals surface area contributed by atoms with E-state index in [1.807, 2.05) is 12.1 Å². The van der Waals surface area contributed by atoms with Crippen LogP contribution in [0.4, 0.5) is 0 Å². The molecule has 1 saturated carbocycles. The first-order valence-electron chi connectivity index (χ1n) is 7.38. The first-order chi connectivity index (χ1) is 9.94. The van der Waals surface area contributed by atoms with Crippen molar-refractivity contribution in [3.8, 4) is 17.2 Å². The van der Waals surface area contributed by atoms with Crippen LogP contribution in [-0.2, 0) is 0 Å². The van der Waals surface area contributed by atoms with E-state index in [0.717, 1.165) is 23.5 Å². The van der Waals surface area contributed by atoms with Crippen LogP contribution in [0.5, 0.6) is 17.2 Å². The van der Waals surface area contributed by atoms with Gasteiger partial charge in [0.15, 0.2) is 0 Å². The van der Waals surface area contributed by atoms with E-state index < -0.39 is 0 Å². The molecule has 0 spiro atoms. The molecule has 2 atom stereocenters. The van der Waals surface area contributed by atoms with E-state index in [-0.39, 0.29) is 10.8 Å². The van der Waals surface area contributed by atoms with Crippen LogP contribution in [0.2, 0.25) is 0 Å². The van der Waals surface area contributed by atoms with Gasteiger partial charge >= 0.3 is 0 Å². The Morgan fingerprint density at radius 3 is 2.05 bits per heavy atom. The molecule has 1 aliphatic rings. The molecule has 0 saturated heterocycles. The van der Waals surface area contributed by atoms with Gasteiger partial charge < -0.3 is 14.2 Å². The van der Waals surface area contributed by atoms with Crippen molar-refractivity contribution in [3.05, 3.63) is 17.7 Å². The van der Waals surface area contributed by atoms with Crippen LogP contribution in [0.1, 0.15) is 44.1 Å². The molecule has 0 aliphatic heterocycles. The van der Waals surface area contributed by atoms with Crippen molar-refractivity contribution >= 4 is 11.6 Å². The number of ether oxygens (including phenoxy) is 3. The van der Waals surface area contributed by atoms with Gasteiger partial charge in [-0.05, 0) is 24.2 Å². The zero-order valence-corrected chi connectivity index (χ0v) is 14.3. The zero-order valence-electron chi connectivity index (χ0n) is 13.5. The number of benzene rings is 1. The number of alkyl halides is 1. The second kappa shape index (κ2) is 6.35. The van der Waals surface area contributed by atoms with Crippen molar-refractivity contribution in [2.24, 2.45) is 11.3 Å². The lowest BCUT2D eigenvalue weighted by atomic mass is 9.78. The first kappa shape index (κ1) is 16.3. The van der Waals surface area contributed by atoms with E-state index in [1.54, 1.807) is 21.3 Å². The molecular weight excluding hydrogens is 288 g/mol. The van der Waals surface area contributed by atoms with Gasteiger partial charge in [-0.3, -0.25) is 0 Å². The Bertz CT molecular complexity index is 474. The van der Waals surface area contributed by atoms with Crippen molar-refractivity contribution in [2.45, 2.75) is 38.5 Å². The highest BCUT2D eigenvalue weighted by molar-refractivity contribution is 6.21. The zero-order chi connectivity index (χ0) is 15.6. The number of rotatable bonds is 5. The maximum absolute atomic E-state index is 6.86. The Labute approximate surface area is 132 Å². The third-order valence-electron chi connectivity index (χ3n) is 4.72. The molecule has 2 unspecified atom stereocenters. The standard InChI is InChI=1S/C17H25ClO3/c1-17(2)8-6-7-12(17)16(18)15-13(20-4)9-11(19-3)10-14(15)21-5/h9-10,12,16H,6-8H2,1-5H3. The number of hydrogen-bond donors (Lipinski definition) is 0. The van der Waals surface area contributed by atoms with Crippen LogP contribution in [0.3, 0.4) is 0 Å². The van der Waals surface area contributed by atoms with Crippen molar-refractivity contribution in [1.29, 1.82) is 0 Å². The van der Waals surface area contributed by atoms with Crippen LogP contribution >= 0.6 is 11.6 Å². The van der Waals surface area contributed by atoms with E-state index in [9.17, 15) is 0 Å². The molecule has 0 amide bonds. The summed E-state index contributed by atoms with van der Waals surface area (Å²) >= 11 is 6.86. The summed E-state index contributed by atoms with van der Waals surface area (Å²) in [7, 11) is 4.94. The van der Waals surface area contributed by atoms with Gasteiger partial charge in [-0.1, -0.05) is 20.3 Å². The Hall–Kier alpha value is -1.09. The molecule has 2 rings (SSSR count). The predicted octanol–water partition coefficient (Wildman–Crippen LogP) is 4.82. The second-order valence-corrected chi connectivity index (χ2v) is 6.80. The molecule has 4 heteroatoms. The van der Waals surface area contributed by atoms with Gasteiger partial charge in [0, 0.05) is 12.1 Å². The molecule has 0 N–H and O–H groups in total. The van der Waals surface area contributed by atoms with Gasteiger partial charge in [0.1, 0.15) is 17.2 Å². The molecule has 0 aromatic heterocycles. The highest BCUT2D eigenvalue weighted by atomic mass is 35.5. The summed E-state index contributed by atoms with van der Waals surface area (Å²) in [5, 5.41) is -0.127. The average molecular weight is 313 g/mol. The van der Waals surface area contributed by atoms with E-state index in [4.69, 9.17) is 25.8 Å². The fraction of sp³-hybridized carbons (Fsp3) is 0.647. The van der Waals surface area contributed by atoms with Gasteiger partial charge in [-0.25, -0.2) is 0 Å². The summed E-state index contributed by atoms with van der Waals surface area (Å²) < 4.78 is 16.4. The normalized spacial score (nSPS) is 21.9. The van der Waals surface area contributed by atoms with Crippen LogP contribution < -0.4 is 14.2 Å². The van der Waals surface area contributed by atoms with E-state index in [0.29, 0.717) is 11.7 Å². The first-order valence-corrected chi connectivity index (χ1v) is 7.82. The predicted molar refractivity (Wildman–Crippen MR) is 85.8 cm³/mol. The quantitative estimate of drug-likeness (QED) is 0.730. The second-order valence-electron chi connectivity index (χ2n) is 6.33. The maximum atomic E-state index is 6.86. The van der Waals surface area contributed by atoms with E-state index in [2.05, 4.69) is 13.8 Å². The molecule has 118 valence electrons. The summed E-state index contributed by atoms with van der Waals surface area (Å²) in [5.41, 5.74) is 1.17. The van der Waals surface area contributed by atoms with E-state index in [1.165, 1.54) is 12.8 Å². The van der Waals surface area contributed by atoms with Crippen molar-refractivity contribution in [1.82, 2.24) is 0 Å². The molecular formula is C17H25ClO3. The summed E-state index contributed by atoms with van der Waals surface area (Å²) in [6.45, 7) is 4.59. The lowest BCUT2D eigenvalue weighted by Gasteiger charge is -2.32. The summed E-state index contributed by atoms with van der Waals surface area (Å²) in [6.07, 6.45) is 3.57. The Morgan fingerprint density at radius 1 is 1.10 bits per heavy atom. The monoisotopic (exact) mass is 312 g/mol. The van der Waals surface area contributed by atoms with Crippen LogP contribution in [-0.4, -0.2) is 21.3 Å². The number of methoxy groups -OCH3 is 3. The summed E-state index contributed by atoms with van der Waals surface area (Å²) in [4.78, 5) is 0. The van der Waals surface area contributed by atoms with Crippen LogP contribution in [0.15, 0.2) is 12.1 Å². The van der Waals surface area contributed by atoms with Gasteiger partial charge in [-0.15, -0.1) is 11.6 Å². The van der Waals surface area contributed by atoms with Gasteiger partial charge in [0.2, 0.25) is 0 Å². The third kappa shape index (κ3) is 3.08. The highest BCUT2D eigenvalue weighted by Gasteiger charge is 2.41. The Kier molecular flexibility index (Phi) is 4.92. The molecule has 1 aromatic rings. The SMILES string of the molecule is COc1cc(OC)c(C(Cl)C2CCCC2(C)C)c(OC)c1. The highest BCUT2D eigenvalue weighted by Crippen LogP contribution is 2.54. The van der Waals surface area contributed by atoms with Crippen molar-refractivity contribution < 1.29 is 14.2 Å². The molecule has 0 radical (unpaired) electrons. The molecule has 0 heterocycles. The minimum atomic E-state index is -0.127. The van der Waals surface area contributed by atoms with Gasteiger partial charge in [0.25, 0.3) is 0 Å². The van der Waals surface area contributed by atoms with E-state index >= 15 is 0 Å². The van der Waals surface area contributed by atoms with Crippen molar-refractivity contribution in [2.75, 3.05) is 21.3 Å². The Morgan fingerprint density at radius 2 is 1.67 bits per heavy atom.